The summed E-state index contributed by atoms with van der Waals surface area (Å²) in [5.74, 6) is 0. The maximum absolute atomic E-state index is 6.53. The van der Waals surface area contributed by atoms with E-state index >= 15 is 0 Å². The second kappa shape index (κ2) is 14.7. The molecular formula is C55H35IN2O. The molecule has 0 aliphatic carbocycles. The zero-order valence-corrected chi connectivity index (χ0v) is 34.0. The largest absolute Gasteiger partial charge is 0.456 e. The summed E-state index contributed by atoms with van der Waals surface area (Å²) in [7, 11) is 0. The van der Waals surface area contributed by atoms with Crippen molar-refractivity contribution < 1.29 is 4.42 Å². The number of benzene rings is 9. The molecule has 0 saturated heterocycles. The molecule has 0 saturated carbocycles. The lowest BCUT2D eigenvalue weighted by molar-refractivity contribution is 0.669. The van der Waals surface area contributed by atoms with Crippen molar-refractivity contribution in [3.05, 3.63) is 216 Å². The van der Waals surface area contributed by atoms with E-state index in [1.54, 1.807) is 0 Å². The molecule has 4 heteroatoms. The van der Waals surface area contributed by atoms with E-state index in [0.29, 0.717) is 0 Å². The molecule has 3 nitrogen and oxygen atoms in total. The molecule has 278 valence electrons. The van der Waals surface area contributed by atoms with Crippen LogP contribution in [0.25, 0.3) is 88.3 Å². The van der Waals surface area contributed by atoms with Crippen molar-refractivity contribution in [3.8, 4) is 44.6 Å². The smallest absolute Gasteiger partial charge is 0.136 e. The molecule has 9 aromatic carbocycles. The SMILES string of the molecule is Ic1c(-c2ccc(N(c3ccc(-c4ccccc4)cc3)c3ccc(-c4ccccc4)cc3)cc2)nc2ccccc2c1-c1ccc2c(c1)oc1cc3ccccc3cc12. The van der Waals surface area contributed by atoms with E-state index in [9.17, 15) is 0 Å². The van der Waals surface area contributed by atoms with Crippen LogP contribution < -0.4 is 4.90 Å². The standard InChI is InChI=1S/C55H35IN2O/c56-54-53(43-25-32-47-49-33-41-15-7-8-16-42(41)34-52(49)59-51(47)35-43)48-17-9-10-18-50(48)57-55(54)40-23-30-46(31-24-40)58(44-26-19-38(20-27-44)36-11-3-1-4-12-36)45-28-21-39(22-29-45)37-13-5-2-6-14-37/h1-35H. The Bertz CT molecular complexity index is 3220. The predicted molar refractivity (Wildman–Crippen MR) is 256 cm³/mol. The van der Waals surface area contributed by atoms with Crippen LogP contribution in [0.15, 0.2) is 217 Å². The first kappa shape index (κ1) is 35.2. The molecule has 0 unspecified atom stereocenters. The van der Waals surface area contributed by atoms with Gasteiger partial charge in [-0.1, -0.05) is 146 Å². The topological polar surface area (TPSA) is 29.3 Å². The van der Waals surface area contributed by atoms with Crippen molar-refractivity contribution in [2.24, 2.45) is 0 Å². The Labute approximate surface area is 356 Å². The Morgan fingerprint density at radius 1 is 0.373 bits per heavy atom. The number of furan rings is 1. The van der Waals surface area contributed by atoms with Crippen LogP contribution in [0, 0.1) is 3.57 Å². The molecule has 2 heterocycles. The van der Waals surface area contributed by atoms with E-state index in [-0.39, 0.29) is 0 Å². The van der Waals surface area contributed by atoms with Gasteiger partial charge in [-0.25, -0.2) is 4.98 Å². The van der Waals surface area contributed by atoms with Crippen molar-refractivity contribution in [1.29, 1.82) is 0 Å². The molecule has 59 heavy (non-hydrogen) atoms. The van der Waals surface area contributed by atoms with Crippen molar-refractivity contribution in [1.82, 2.24) is 4.98 Å². The minimum atomic E-state index is 0.879. The van der Waals surface area contributed by atoms with Crippen molar-refractivity contribution >= 4 is 83.3 Å². The summed E-state index contributed by atoms with van der Waals surface area (Å²) in [5.41, 5.74) is 15.0. The average Bonchev–Trinajstić information content (AvgIpc) is 3.66. The quantitative estimate of drug-likeness (QED) is 0.150. The van der Waals surface area contributed by atoms with Gasteiger partial charge in [0.05, 0.1) is 11.2 Å². The van der Waals surface area contributed by atoms with Gasteiger partial charge in [0.2, 0.25) is 0 Å². The van der Waals surface area contributed by atoms with Crippen molar-refractivity contribution in [2.75, 3.05) is 4.90 Å². The fraction of sp³-hybridized carbons (Fsp3) is 0. The van der Waals surface area contributed by atoms with E-state index in [0.717, 1.165) is 75.9 Å². The van der Waals surface area contributed by atoms with Gasteiger partial charge < -0.3 is 9.32 Å². The number of nitrogens with zero attached hydrogens (tertiary/aromatic N) is 2. The second-order valence-corrected chi connectivity index (χ2v) is 16.0. The van der Waals surface area contributed by atoms with Crippen LogP contribution in [0.5, 0.6) is 0 Å². The number of hydrogen-bond acceptors (Lipinski definition) is 3. The van der Waals surface area contributed by atoms with Crippen LogP contribution in [0.4, 0.5) is 17.1 Å². The van der Waals surface area contributed by atoms with E-state index < -0.39 is 0 Å². The molecule has 11 rings (SSSR count). The number of aromatic nitrogens is 1. The second-order valence-electron chi connectivity index (χ2n) is 14.9. The maximum Gasteiger partial charge on any atom is 0.136 e. The predicted octanol–water partition coefficient (Wildman–Crippen LogP) is 16.0. The summed E-state index contributed by atoms with van der Waals surface area (Å²) in [6.45, 7) is 0. The van der Waals surface area contributed by atoms with Gasteiger partial charge in [0.15, 0.2) is 0 Å². The highest BCUT2D eigenvalue weighted by Gasteiger charge is 2.20. The van der Waals surface area contributed by atoms with Crippen LogP contribution >= 0.6 is 22.6 Å². The molecule has 0 amide bonds. The molecular weight excluding hydrogens is 832 g/mol. The average molecular weight is 867 g/mol. The van der Waals surface area contributed by atoms with Gasteiger partial charge in [-0.3, -0.25) is 0 Å². The molecule has 0 atom stereocenters. The van der Waals surface area contributed by atoms with Gasteiger partial charge in [0, 0.05) is 47.9 Å². The van der Waals surface area contributed by atoms with E-state index in [4.69, 9.17) is 9.40 Å². The third-order valence-corrected chi connectivity index (χ3v) is 12.4. The summed E-state index contributed by atoms with van der Waals surface area (Å²) >= 11 is 2.50. The van der Waals surface area contributed by atoms with Gasteiger partial charge in [0.25, 0.3) is 0 Å². The summed E-state index contributed by atoms with van der Waals surface area (Å²) in [6.07, 6.45) is 0. The molecule has 2 aromatic heterocycles. The zero-order valence-electron chi connectivity index (χ0n) is 31.9. The number of halogens is 1. The fourth-order valence-electron chi connectivity index (χ4n) is 8.36. The Morgan fingerprint density at radius 3 is 1.46 bits per heavy atom. The van der Waals surface area contributed by atoms with Crippen molar-refractivity contribution in [2.45, 2.75) is 0 Å². The lowest BCUT2D eigenvalue weighted by Crippen LogP contribution is -2.10. The number of fused-ring (bicyclic) bond motifs is 5. The number of rotatable bonds is 7. The maximum atomic E-state index is 6.53. The van der Waals surface area contributed by atoms with Gasteiger partial charge in [-0.2, -0.15) is 0 Å². The highest BCUT2D eigenvalue weighted by atomic mass is 127. The first-order valence-electron chi connectivity index (χ1n) is 19.8. The fourth-order valence-corrected chi connectivity index (χ4v) is 9.40. The van der Waals surface area contributed by atoms with Crippen molar-refractivity contribution in [3.63, 3.8) is 0 Å². The van der Waals surface area contributed by atoms with E-state index in [2.05, 4.69) is 240 Å². The van der Waals surface area contributed by atoms with Crippen LogP contribution in [-0.2, 0) is 0 Å². The number of anilines is 3. The first-order valence-corrected chi connectivity index (χ1v) is 20.9. The highest BCUT2D eigenvalue weighted by Crippen LogP contribution is 2.42. The van der Waals surface area contributed by atoms with Crippen LogP contribution in [0.2, 0.25) is 0 Å². The minimum Gasteiger partial charge on any atom is -0.456 e. The molecule has 0 N–H and O–H groups in total. The monoisotopic (exact) mass is 866 g/mol. The molecule has 0 bridgehead atoms. The molecule has 0 radical (unpaired) electrons. The van der Waals surface area contributed by atoms with Crippen LogP contribution in [-0.4, -0.2) is 4.98 Å². The Hall–Kier alpha value is -7.02. The van der Waals surface area contributed by atoms with Crippen LogP contribution in [0.3, 0.4) is 0 Å². The first-order chi connectivity index (χ1) is 29.1. The number of pyridine rings is 1. The Balaban J connectivity index is 0.997. The van der Waals surface area contributed by atoms with E-state index in [1.807, 2.05) is 0 Å². The third-order valence-electron chi connectivity index (χ3n) is 11.3. The lowest BCUT2D eigenvalue weighted by Gasteiger charge is -2.26. The summed E-state index contributed by atoms with van der Waals surface area (Å²) < 4.78 is 7.63. The molecule has 0 aliphatic rings. The summed E-state index contributed by atoms with van der Waals surface area (Å²) in [5, 5.41) is 5.75. The van der Waals surface area contributed by atoms with Gasteiger partial charge in [-0.15, -0.1) is 0 Å². The van der Waals surface area contributed by atoms with Gasteiger partial charge in [-0.05, 0) is 128 Å². The number of para-hydroxylation sites is 1. The van der Waals surface area contributed by atoms with E-state index in [1.165, 1.54) is 33.0 Å². The Morgan fingerprint density at radius 2 is 0.847 bits per heavy atom. The van der Waals surface area contributed by atoms with Crippen LogP contribution in [0.1, 0.15) is 0 Å². The molecule has 11 aromatic rings. The third kappa shape index (κ3) is 6.42. The number of hydrogen-bond donors (Lipinski definition) is 0. The zero-order chi connectivity index (χ0) is 39.3. The summed E-state index contributed by atoms with van der Waals surface area (Å²) in [4.78, 5) is 7.61. The molecule has 0 fully saturated rings. The summed E-state index contributed by atoms with van der Waals surface area (Å²) in [6, 6.07) is 75.5. The van der Waals surface area contributed by atoms with Gasteiger partial charge >= 0.3 is 0 Å². The normalized spacial score (nSPS) is 11.5. The highest BCUT2D eigenvalue weighted by molar-refractivity contribution is 14.1. The Kier molecular flexibility index (Phi) is 8.78. The molecule has 0 spiro atoms. The lowest BCUT2D eigenvalue weighted by atomic mass is 9.97. The molecule has 0 aliphatic heterocycles. The minimum absolute atomic E-state index is 0.879. The van der Waals surface area contributed by atoms with Gasteiger partial charge in [0.1, 0.15) is 11.2 Å².